The Bertz CT molecular complexity index is 183. The molecule has 94 valence electrons. The van der Waals surface area contributed by atoms with Crippen molar-refractivity contribution < 1.29 is 4.74 Å². The monoisotopic (exact) mass is 225 g/mol. The molecule has 0 heterocycles. The predicted octanol–water partition coefficient (Wildman–Crippen LogP) is 3.11. The Morgan fingerprint density at radius 1 is 1.12 bits per heavy atom. The summed E-state index contributed by atoms with van der Waals surface area (Å²) >= 11 is 0. The highest BCUT2D eigenvalue weighted by atomic mass is 16.5. The van der Waals surface area contributed by atoms with E-state index in [4.69, 9.17) is 4.74 Å². The number of ether oxygens (including phenoxy) is 1. The second kappa shape index (κ2) is 6.61. The van der Waals surface area contributed by atoms with Crippen LogP contribution in [0.4, 0.5) is 0 Å². The van der Waals surface area contributed by atoms with Crippen LogP contribution in [0, 0.1) is 5.92 Å². The van der Waals surface area contributed by atoms with Crippen LogP contribution < -0.4 is 5.32 Å². The fourth-order valence-electron chi connectivity index (χ4n) is 2.93. The van der Waals surface area contributed by atoms with Crippen LogP contribution in [0.2, 0.25) is 0 Å². The van der Waals surface area contributed by atoms with Crippen LogP contribution in [0.3, 0.4) is 0 Å². The van der Waals surface area contributed by atoms with Gasteiger partial charge in [-0.05, 0) is 44.6 Å². The van der Waals surface area contributed by atoms with Crippen LogP contribution >= 0.6 is 0 Å². The van der Waals surface area contributed by atoms with Crippen molar-refractivity contribution >= 4 is 0 Å². The molecule has 2 aliphatic carbocycles. The van der Waals surface area contributed by atoms with E-state index < -0.39 is 0 Å². The van der Waals surface area contributed by atoms with Gasteiger partial charge in [-0.3, -0.25) is 0 Å². The van der Waals surface area contributed by atoms with Crippen molar-refractivity contribution in [2.75, 3.05) is 13.2 Å². The van der Waals surface area contributed by atoms with Crippen molar-refractivity contribution in [3.05, 3.63) is 0 Å². The summed E-state index contributed by atoms with van der Waals surface area (Å²) in [5.41, 5.74) is 0. The standard InChI is InChI=1S/C14H27NO/c1-12-10-13(11-12)15-8-5-9-16-14-6-3-2-4-7-14/h12-15H,2-11H2,1H3. The van der Waals surface area contributed by atoms with Crippen LogP contribution in [0.15, 0.2) is 0 Å². The normalized spacial score (nSPS) is 31.3. The van der Waals surface area contributed by atoms with Gasteiger partial charge >= 0.3 is 0 Å². The van der Waals surface area contributed by atoms with Gasteiger partial charge in [0.05, 0.1) is 6.10 Å². The van der Waals surface area contributed by atoms with Gasteiger partial charge in [0, 0.05) is 12.6 Å². The fraction of sp³-hybridized carbons (Fsp3) is 1.00. The molecule has 0 atom stereocenters. The summed E-state index contributed by atoms with van der Waals surface area (Å²) < 4.78 is 5.90. The largest absolute Gasteiger partial charge is 0.378 e. The molecule has 0 spiro atoms. The first-order chi connectivity index (χ1) is 7.84. The van der Waals surface area contributed by atoms with Crippen molar-refractivity contribution in [2.45, 2.75) is 70.4 Å². The average molecular weight is 225 g/mol. The third kappa shape index (κ3) is 4.06. The third-order valence-electron chi connectivity index (χ3n) is 4.03. The van der Waals surface area contributed by atoms with Gasteiger partial charge in [0.1, 0.15) is 0 Å². The Balaban J connectivity index is 1.40. The molecular formula is C14H27NO. The van der Waals surface area contributed by atoms with E-state index in [1.54, 1.807) is 0 Å². The van der Waals surface area contributed by atoms with Gasteiger partial charge in [-0.15, -0.1) is 0 Å². The Hall–Kier alpha value is -0.0800. The molecule has 2 heteroatoms. The van der Waals surface area contributed by atoms with E-state index in [1.165, 1.54) is 51.4 Å². The first-order valence-corrected chi connectivity index (χ1v) is 7.19. The molecule has 2 aliphatic rings. The number of rotatable bonds is 6. The maximum Gasteiger partial charge on any atom is 0.0575 e. The fourth-order valence-corrected chi connectivity index (χ4v) is 2.93. The molecule has 16 heavy (non-hydrogen) atoms. The lowest BCUT2D eigenvalue weighted by molar-refractivity contribution is 0.0266. The van der Waals surface area contributed by atoms with Gasteiger partial charge in [-0.25, -0.2) is 0 Å². The molecule has 0 saturated heterocycles. The topological polar surface area (TPSA) is 21.3 Å². The second-order valence-electron chi connectivity index (χ2n) is 5.71. The Morgan fingerprint density at radius 3 is 2.56 bits per heavy atom. The summed E-state index contributed by atoms with van der Waals surface area (Å²) in [6.45, 7) is 4.44. The molecule has 0 radical (unpaired) electrons. The number of hydrogen-bond donors (Lipinski definition) is 1. The first-order valence-electron chi connectivity index (χ1n) is 7.19. The minimum Gasteiger partial charge on any atom is -0.378 e. The average Bonchev–Trinajstić information content (AvgIpc) is 2.27. The summed E-state index contributed by atoms with van der Waals surface area (Å²) in [6, 6.07) is 0.810. The van der Waals surface area contributed by atoms with Gasteiger partial charge in [0.2, 0.25) is 0 Å². The quantitative estimate of drug-likeness (QED) is 0.701. The smallest absolute Gasteiger partial charge is 0.0575 e. The molecule has 0 aliphatic heterocycles. The molecule has 0 unspecified atom stereocenters. The SMILES string of the molecule is CC1CC(NCCCOC2CCCCC2)C1. The predicted molar refractivity (Wildman–Crippen MR) is 67.6 cm³/mol. The molecule has 2 nitrogen and oxygen atoms in total. The molecule has 2 saturated carbocycles. The van der Waals surface area contributed by atoms with E-state index in [1.807, 2.05) is 0 Å². The zero-order valence-corrected chi connectivity index (χ0v) is 10.7. The van der Waals surface area contributed by atoms with Crippen molar-refractivity contribution in [3.8, 4) is 0 Å². The van der Waals surface area contributed by atoms with Crippen LogP contribution in [0.5, 0.6) is 0 Å². The molecule has 0 aromatic carbocycles. The Kier molecular flexibility index (Phi) is 5.11. The van der Waals surface area contributed by atoms with E-state index in [0.717, 1.165) is 25.1 Å². The number of hydrogen-bond acceptors (Lipinski definition) is 2. The summed E-state index contributed by atoms with van der Waals surface area (Å²) in [6.07, 6.45) is 11.3. The summed E-state index contributed by atoms with van der Waals surface area (Å²) in [4.78, 5) is 0. The maximum atomic E-state index is 5.90. The van der Waals surface area contributed by atoms with Gasteiger partial charge in [-0.1, -0.05) is 26.2 Å². The summed E-state index contributed by atoms with van der Waals surface area (Å²) in [5, 5.41) is 3.61. The summed E-state index contributed by atoms with van der Waals surface area (Å²) in [5.74, 6) is 0.955. The molecule has 0 amide bonds. The molecule has 0 bridgehead atoms. The zero-order chi connectivity index (χ0) is 11.2. The molecule has 1 N–H and O–H groups in total. The Labute approximate surface area is 100 Å². The molecule has 0 aromatic heterocycles. The number of nitrogens with one attached hydrogen (secondary N) is 1. The van der Waals surface area contributed by atoms with Crippen molar-refractivity contribution in [2.24, 2.45) is 5.92 Å². The van der Waals surface area contributed by atoms with E-state index in [2.05, 4.69) is 12.2 Å². The minimum atomic E-state index is 0.581. The van der Waals surface area contributed by atoms with Gasteiger partial charge < -0.3 is 10.1 Å². The molecule has 2 fully saturated rings. The van der Waals surface area contributed by atoms with Gasteiger partial charge in [-0.2, -0.15) is 0 Å². The highest BCUT2D eigenvalue weighted by molar-refractivity contribution is 4.81. The lowest BCUT2D eigenvalue weighted by Crippen LogP contribution is -2.40. The zero-order valence-electron chi connectivity index (χ0n) is 10.7. The van der Waals surface area contributed by atoms with E-state index in [0.29, 0.717) is 6.10 Å². The lowest BCUT2D eigenvalue weighted by atomic mass is 9.82. The third-order valence-corrected chi connectivity index (χ3v) is 4.03. The van der Waals surface area contributed by atoms with Crippen molar-refractivity contribution in [1.29, 1.82) is 0 Å². The van der Waals surface area contributed by atoms with Gasteiger partial charge in [0.15, 0.2) is 0 Å². The van der Waals surface area contributed by atoms with Gasteiger partial charge in [0.25, 0.3) is 0 Å². The van der Waals surface area contributed by atoms with E-state index >= 15 is 0 Å². The van der Waals surface area contributed by atoms with Crippen molar-refractivity contribution in [3.63, 3.8) is 0 Å². The van der Waals surface area contributed by atoms with Crippen LogP contribution in [-0.2, 0) is 4.74 Å². The molecular weight excluding hydrogens is 198 g/mol. The maximum absolute atomic E-state index is 5.90. The Morgan fingerprint density at radius 2 is 1.88 bits per heavy atom. The van der Waals surface area contributed by atoms with E-state index in [9.17, 15) is 0 Å². The highest BCUT2D eigenvalue weighted by Gasteiger charge is 2.24. The highest BCUT2D eigenvalue weighted by Crippen LogP contribution is 2.26. The van der Waals surface area contributed by atoms with Crippen molar-refractivity contribution in [1.82, 2.24) is 5.32 Å². The first kappa shape index (κ1) is 12.4. The van der Waals surface area contributed by atoms with Crippen LogP contribution in [-0.4, -0.2) is 25.3 Å². The van der Waals surface area contributed by atoms with E-state index in [-0.39, 0.29) is 0 Å². The molecule has 0 aromatic rings. The summed E-state index contributed by atoms with van der Waals surface area (Å²) in [7, 11) is 0. The lowest BCUT2D eigenvalue weighted by Gasteiger charge is -2.33. The minimum absolute atomic E-state index is 0.581. The van der Waals surface area contributed by atoms with Crippen LogP contribution in [0.1, 0.15) is 58.3 Å². The second-order valence-corrected chi connectivity index (χ2v) is 5.71. The molecule has 2 rings (SSSR count). The van der Waals surface area contributed by atoms with Crippen LogP contribution in [0.25, 0.3) is 0 Å².